The van der Waals surface area contributed by atoms with Gasteiger partial charge < -0.3 is 10.2 Å². The van der Waals surface area contributed by atoms with E-state index in [1.54, 1.807) is 42.5 Å². The molecule has 0 fully saturated rings. The molecule has 0 spiro atoms. The first-order chi connectivity index (χ1) is 17.3. The van der Waals surface area contributed by atoms with E-state index in [4.69, 9.17) is 34.8 Å². The summed E-state index contributed by atoms with van der Waals surface area (Å²) in [5.41, 5.74) is 0.965. The van der Waals surface area contributed by atoms with Crippen LogP contribution in [-0.4, -0.2) is 50.5 Å². The molecule has 1 atom stereocenters. The number of amides is 2. The van der Waals surface area contributed by atoms with Gasteiger partial charge in [0.05, 0.1) is 11.9 Å². The van der Waals surface area contributed by atoms with E-state index < -0.39 is 16.1 Å². The van der Waals surface area contributed by atoms with Crippen molar-refractivity contribution < 1.29 is 18.0 Å². The number of sulfonamides is 1. The summed E-state index contributed by atoms with van der Waals surface area (Å²) < 4.78 is 26.1. The highest BCUT2D eigenvalue weighted by molar-refractivity contribution is 7.92. The monoisotopic (exact) mass is 589 g/mol. The van der Waals surface area contributed by atoms with Crippen molar-refractivity contribution in [1.82, 2.24) is 10.2 Å². The Bertz CT molecular complexity index is 1170. The van der Waals surface area contributed by atoms with Gasteiger partial charge in [0.2, 0.25) is 21.8 Å². The molecular formula is C26H34Cl3N3O4S. The van der Waals surface area contributed by atoms with Gasteiger partial charge in [0.15, 0.2) is 0 Å². The van der Waals surface area contributed by atoms with Gasteiger partial charge in [-0.25, -0.2) is 8.42 Å². The molecule has 0 aliphatic carbocycles. The standard InChI is InChI=1S/C26H34Cl3N3O4S/c1-5-24(26(34)30-16-18(2)3)31(17-21-22(28)11-7-12-23(21)29)25(33)13-8-14-32(37(4,35)36)20-10-6-9-19(27)15-20/h6-7,9-12,15,18,24H,5,8,13-14,16-17H2,1-4H3,(H,30,34). The van der Waals surface area contributed by atoms with Crippen molar-refractivity contribution in [3.8, 4) is 0 Å². The summed E-state index contributed by atoms with van der Waals surface area (Å²) >= 11 is 18.8. The van der Waals surface area contributed by atoms with Crippen molar-refractivity contribution in [3.63, 3.8) is 0 Å². The highest BCUT2D eigenvalue weighted by Gasteiger charge is 2.30. The molecular weight excluding hydrogens is 557 g/mol. The average Bonchev–Trinajstić information content (AvgIpc) is 2.81. The van der Waals surface area contributed by atoms with Gasteiger partial charge in [-0.2, -0.15) is 0 Å². The van der Waals surface area contributed by atoms with Crippen LogP contribution < -0.4 is 9.62 Å². The Morgan fingerprint density at radius 1 is 1.03 bits per heavy atom. The Hall–Kier alpha value is -2.00. The molecule has 11 heteroatoms. The fourth-order valence-corrected chi connectivity index (χ4v) is 5.49. The fraction of sp³-hybridized carbons (Fsp3) is 0.462. The zero-order chi connectivity index (χ0) is 27.8. The van der Waals surface area contributed by atoms with E-state index in [9.17, 15) is 18.0 Å². The maximum atomic E-state index is 13.5. The highest BCUT2D eigenvalue weighted by atomic mass is 35.5. The van der Waals surface area contributed by atoms with Crippen LogP contribution in [-0.2, 0) is 26.2 Å². The molecule has 0 heterocycles. The smallest absolute Gasteiger partial charge is 0.242 e. The predicted octanol–water partition coefficient (Wildman–Crippen LogP) is 5.77. The van der Waals surface area contributed by atoms with Crippen LogP contribution in [0, 0.1) is 5.92 Å². The number of halogens is 3. The van der Waals surface area contributed by atoms with Crippen LogP contribution in [0.5, 0.6) is 0 Å². The minimum atomic E-state index is -3.61. The van der Waals surface area contributed by atoms with E-state index in [2.05, 4.69) is 5.32 Å². The van der Waals surface area contributed by atoms with Crippen LogP contribution in [0.1, 0.15) is 45.6 Å². The van der Waals surface area contributed by atoms with Crippen LogP contribution in [0.4, 0.5) is 5.69 Å². The van der Waals surface area contributed by atoms with E-state index in [0.717, 1.165) is 6.26 Å². The number of benzene rings is 2. The Morgan fingerprint density at radius 3 is 2.19 bits per heavy atom. The molecule has 7 nitrogen and oxygen atoms in total. The molecule has 37 heavy (non-hydrogen) atoms. The van der Waals surface area contributed by atoms with Crippen molar-refractivity contribution in [2.75, 3.05) is 23.7 Å². The Kier molecular flexibility index (Phi) is 12.0. The second-order valence-corrected chi connectivity index (χ2v) is 12.4. The predicted molar refractivity (Wildman–Crippen MR) is 152 cm³/mol. The minimum absolute atomic E-state index is 0.0165. The van der Waals surface area contributed by atoms with Gasteiger partial charge in [0, 0.05) is 46.7 Å². The molecule has 0 saturated heterocycles. The lowest BCUT2D eigenvalue weighted by molar-refractivity contribution is -0.141. The third kappa shape index (κ3) is 9.36. The molecule has 0 radical (unpaired) electrons. The average molecular weight is 591 g/mol. The molecule has 0 aliphatic heterocycles. The molecule has 1 N–H and O–H groups in total. The molecule has 0 aliphatic rings. The fourth-order valence-electron chi connectivity index (χ4n) is 3.83. The summed E-state index contributed by atoms with van der Waals surface area (Å²) in [6.45, 7) is 6.41. The largest absolute Gasteiger partial charge is 0.354 e. The summed E-state index contributed by atoms with van der Waals surface area (Å²) in [6.07, 6.45) is 1.74. The zero-order valence-corrected chi connectivity index (χ0v) is 24.6. The van der Waals surface area contributed by atoms with Gasteiger partial charge in [-0.1, -0.05) is 67.7 Å². The first-order valence-corrected chi connectivity index (χ1v) is 15.1. The van der Waals surface area contributed by atoms with Gasteiger partial charge >= 0.3 is 0 Å². The Labute approximate surface area is 235 Å². The molecule has 0 bridgehead atoms. The SMILES string of the molecule is CCC(C(=O)NCC(C)C)N(Cc1c(Cl)cccc1Cl)C(=O)CCCN(c1cccc(Cl)c1)S(C)(=O)=O. The number of rotatable bonds is 13. The van der Waals surface area contributed by atoms with Gasteiger partial charge in [-0.3, -0.25) is 13.9 Å². The minimum Gasteiger partial charge on any atom is -0.354 e. The maximum Gasteiger partial charge on any atom is 0.242 e. The lowest BCUT2D eigenvalue weighted by Gasteiger charge is -2.32. The third-order valence-corrected chi connectivity index (χ3v) is 7.85. The second kappa shape index (κ2) is 14.2. The molecule has 0 aromatic heterocycles. The summed E-state index contributed by atoms with van der Waals surface area (Å²) in [7, 11) is -3.61. The van der Waals surface area contributed by atoms with Gasteiger partial charge in [-0.15, -0.1) is 0 Å². The lowest BCUT2D eigenvalue weighted by atomic mass is 10.1. The quantitative estimate of drug-likeness (QED) is 0.321. The number of carbonyl (C=O) groups is 2. The number of anilines is 1. The van der Waals surface area contributed by atoms with E-state index in [1.165, 1.54) is 9.21 Å². The summed E-state index contributed by atoms with van der Waals surface area (Å²) in [5, 5.41) is 4.10. The van der Waals surface area contributed by atoms with Crippen LogP contribution in [0.3, 0.4) is 0 Å². The number of hydrogen-bond donors (Lipinski definition) is 1. The van der Waals surface area contributed by atoms with E-state index in [1.807, 2.05) is 20.8 Å². The van der Waals surface area contributed by atoms with Crippen molar-refractivity contribution >= 4 is 62.3 Å². The summed E-state index contributed by atoms with van der Waals surface area (Å²) in [5.74, 6) is -0.316. The molecule has 204 valence electrons. The summed E-state index contributed by atoms with van der Waals surface area (Å²) in [6, 6.07) is 10.9. The number of hydrogen-bond acceptors (Lipinski definition) is 4. The maximum absolute atomic E-state index is 13.5. The van der Waals surface area contributed by atoms with Crippen LogP contribution in [0.25, 0.3) is 0 Å². The highest BCUT2D eigenvalue weighted by Crippen LogP contribution is 2.28. The third-order valence-electron chi connectivity index (χ3n) is 5.71. The van der Waals surface area contributed by atoms with Crippen molar-refractivity contribution in [2.45, 2.75) is 52.6 Å². The number of nitrogens with one attached hydrogen (secondary N) is 1. The summed E-state index contributed by atoms with van der Waals surface area (Å²) in [4.78, 5) is 28.0. The van der Waals surface area contributed by atoms with E-state index >= 15 is 0 Å². The van der Waals surface area contributed by atoms with Gasteiger partial charge in [0.1, 0.15) is 6.04 Å². The van der Waals surface area contributed by atoms with Crippen LogP contribution >= 0.6 is 34.8 Å². The Morgan fingerprint density at radius 2 is 1.65 bits per heavy atom. The van der Waals surface area contributed by atoms with Crippen molar-refractivity contribution in [1.29, 1.82) is 0 Å². The van der Waals surface area contributed by atoms with Crippen LogP contribution in [0.2, 0.25) is 15.1 Å². The molecule has 2 aromatic rings. The molecule has 0 saturated carbocycles. The van der Waals surface area contributed by atoms with Crippen molar-refractivity contribution in [3.05, 3.63) is 63.1 Å². The topological polar surface area (TPSA) is 86.8 Å². The first kappa shape index (κ1) is 31.2. The van der Waals surface area contributed by atoms with E-state index in [0.29, 0.717) is 39.3 Å². The van der Waals surface area contributed by atoms with Crippen LogP contribution in [0.15, 0.2) is 42.5 Å². The lowest BCUT2D eigenvalue weighted by Crippen LogP contribution is -2.49. The molecule has 2 amide bonds. The van der Waals surface area contributed by atoms with E-state index in [-0.39, 0.29) is 43.7 Å². The Balaban J connectivity index is 2.27. The number of nitrogens with zero attached hydrogens (tertiary/aromatic N) is 2. The second-order valence-electron chi connectivity index (χ2n) is 9.20. The van der Waals surface area contributed by atoms with Gasteiger partial charge in [0.25, 0.3) is 0 Å². The number of carbonyl (C=O) groups excluding carboxylic acids is 2. The first-order valence-electron chi connectivity index (χ1n) is 12.1. The normalized spacial score (nSPS) is 12.3. The van der Waals surface area contributed by atoms with Gasteiger partial charge in [-0.05, 0) is 49.1 Å². The zero-order valence-electron chi connectivity index (χ0n) is 21.5. The van der Waals surface area contributed by atoms with Crippen molar-refractivity contribution in [2.24, 2.45) is 5.92 Å². The molecule has 2 rings (SSSR count). The molecule has 1 unspecified atom stereocenters. The molecule has 2 aromatic carbocycles.